The van der Waals surface area contributed by atoms with Gasteiger partial charge in [-0.05, 0) is 35.4 Å². The lowest BCUT2D eigenvalue weighted by atomic mass is 9.95. The van der Waals surface area contributed by atoms with Gasteiger partial charge in [-0.25, -0.2) is 0 Å². The smallest absolute Gasteiger partial charge is 0.235 e. The zero-order valence-corrected chi connectivity index (χ0v) is 13.7. The predicted molar refractivity (Wildman–Crippen MR) is 89.5 cm³/mol. The van der Waals surface area contributed by atoms with E-state index in [0.717, 1.165) is 5.56 Å². The molecule has 2 aromatic carbocycles. The topological polar surface area (TPSA) is 49.3 Å². The molecule has 2 rings (SSSR count). The SMILES string of the molecule is O=C(CCl)N[C@H](c1ccc(Cl)cc1)[C@@H](O)c1cccc(Cl)c1. The maximum absolute atomic E-state index is 11.7. The van der Waals surface area contributed by atoms with Crippen LogP contribution in [0.25, 0.3) is 0 Å². The van der Waals surface area contributed by atoms with Crippen LogP contribution in [-0.4, -0.2) is 16.9 Å². The van der Waals surface area contributed by atoms with Crippen LogP contribution in [0.3, 0.4) is 0 Å². The van der Waals surface area contributed by atoms with Crippen molar-refractivity contribution in [2.24, 2.45) is 0 Å². The lowest BCUT2D eigenvalue weighted by Crippen LogP contribution is -2.33. The van der Waals surface area contributed by atoms with E-state index < -0.39 is 12.1 Å². The van der Waals surface area contributed by atoms with E-state index in [-0.39, 0.29) is 11.8 Å². The van der Waals surface area contributed by atoms with Gasteiger partial charge in [-0.15, -0.1) is 11.6 Å². The highest BCUT2D eigenvalue weighted by Gasteiger charge is 2.24. The van der Waals surface area contributed by atoms with Gasteiger partial charge in [0.15, 0.2) is 0 Å². The molecule has 2 aromatic rings. The Morgan fingerprint density at radius 2 is 1.73 bits per heavy atom. The molecule has 0 aliphatic heterocycles. The number of benzene rings is 2. The van der Waals surface area contributed by atoms with Crippen molar-refractivity contribution in [1.29, 1.82) is 0 Å². The lowest BCUT2D eigenvalue weighted by Gasteiger charge is -2.25. The average molecular weight is 359 g/mol. The Bertz CT molecular complexity index is 646. The van der Waals surface area contributed by atoms with Gasteiger partial charge in [-0.2, -0.15) is 0 Å². The molecule has 2 N–H and O–H groups in total. The number of hydrogen-bond acceptors (Lipinski definition) is 2. The van der Waals surface area contributed by atoms with Gasteiger partial charge in [0.25, 0.3) is 0 Å². The summed E-state index contributed by atoms with van der Waals surface area (Å²) in [6.07, 6.45) is -0.966. The molecule has 0 aromatic heterocycles. The third-order valence-electron chi connectivity index (χ3n) is 3.17. The summed E-state index contributed by atoms with van der Waals surface area (Å²) in [5, 5.41) is 14.4. The first-order chi connectivity index (χ1) is 10.5. The first-order valence-electron chi connectivity index (χ1n) is 6.55. The highest BCUT2D eigenvalue weighted by Crippen LogP contribution is 2.30. The van der Waals surface area contributed by atoms with Gasteiger partial charge in [0.2, 0.25) is 5.91 Å². The Labute approximate surface area is 143 Å². The monoisotopic (exact) mass is 357 g/mol. The Hall–Kier alpha value is -1.26. The molecule has 0 saturated carbocycles. The number of nitrogens with one attached hydrogen (secondary N) is 1. The third kappa shape index (κ3) is 4.37. The molecule has 0 aliphatic rings. The molecule has 22 heavy (non-hydrogen) atoms. The molecule has 0 unspecified atom stereocenters. The molecule has 0 spiro atoms. The van der Waals surface area contributed by atoms with Crippen molar-refractivity contribution in [3.63, 3.8) is 0 Å². The summed E-state index contributed by atoms with van der Waals surface area (Å²) in [5.74, 6) is -0.561. The van der Waals surface area contributed by atoms with E-state index in [9.17, 15) is 9.90 Å². The standard InChI is InChI=1S/C16H14Cl3NO2/c17-9-14(21)20-15(10-4-6-12(18)7-5-10)16(22)11-2-1-3-13(19)8-11/h1-8,15-16,22H,9H2,(H,20,21)/t15-,16+/m1/s1. The van der Waals surface area contributed by atoms with Crippen LogP contribution in [0.5, 0.6) is 0 Å². The second-order valence-corrected chi connectivity index (χ2v) is 5.87. The average Bonchev–Trinajstić information content (AvgIpc) is 2.52. The molecule has 3 nitrogen and oxygen atoms in total. The van der Waals surface area contributed by atoms with E-state index >= 15 is 0 Å². The first kappa shape index (κ1) is 17.1. The quantitative estimate of drug-likeness (QED) is 0.790. The lowest BCUT2D eigenvalue weighted by molar-refractivity contribution is -0.120. The van der Waals surface area contributed by atoms with Crippen molar-refractivity contribution >= 4 is 40.7 Å². The van der Waals surface area contributed by atoms with Crippen molar-refractivity contribution in [1.82, 2.24) is 5.32 Å². The van der Waals surface area contributed by atoms with Gasteiger partial charge >= 0.3 is 0 Å². The summed E-state index contributed by atoms with van der Waals surface area (Å²) < 4.78 is 0. The van der Waals surface area contributed by atoms with Gasteiger partial charge in [-0.1, -0.05) is 47.5 Å². The highest BCUT2D eigenvalue weighted by molar-refractivity contribution is 6.30. The molecule has 116 valence electrons. The first-order valence-corrected chi connectivity index (χ1v) is 7.84. The highest BCUT2D eigenvalue weighted by atomic mass is 35.5. The number of carbonyl (C=O) groups excluding carboxylic acids is 1. The minimum Gasteiger partial charge on any atom is -0.386 e. The van der Waals surface area contributed by atoms with Crippen molar-refractivity contribution in [3.8, 4) is 0 Å². The number of halogens is 3. The van der Waals surface area contributed by atoms with E-state index in [1.165, 1.54) is 0 Å². The molecule has 1 amide bonds. The molecular weight excluding hydrogens is 345 g/mol. The maximum Gasteiger partial charge on any atom is 0.235 e. The zero-order chi connectivity index (χ0) is 16.1. The van der Waals surface area contributed by atoms with Gasteiger partial charge in [-0.3, -0.25) is 4.79 Å². The largest absolute Gasteiger partial charge is 0.386 e. The second-order valence-electron chi connectivity index (χ2n) is 4.73. The number of aliphatic hydroxyl groups excluding tert-OH is 1. The molecule has 0 saturated heterocycles. The van der Waals surface area contributed by atoms with Crippen LogP contribution in [0.2, 0.25) is 10.0 Å². The molecule has 0 bridgehead atoms. The Balaban J connectivity index is 2.34. The van der Waals surface area contributed by atoms with Crippen LogP contribution in [0.4, 0.5) is 0 Å². The fourth-order valence-corrected chi connectivity index (χ4v) is 2.51. The third-order valence-corrected chi connectivity index (χ3v) is 3.90. The molecule has 0 fully saturated rings. The Morgan fingerprint density at radius 1 is 1.05 bits per heavy atom. The summed E-state index contributed by atoms with van der Waals surface area (Å²) >= 11 is 17.4. The van der Waals surface area contributed by atoms with Crippen LogP contribution >= 0.6 is 34.8 Å². The number of hydrogen-bond donors (Lipinski definition) is 2. The zero-order valence-electron chi connectivity index (χ0n) is 11.5. The predicted octanol–water partition coefficient (Wildman–Crippen LogP) is 4.12. The minimum atomic E-state index is -0.966. The van der Waals surface area contributed by atoms with Crippen molar-refractivity contribution in [2.75, 3.05) is 5.88 Å². The summed E-state index contributed by atoms with van der Waals surface area (Å²) in [4.78, 5) is 11.7. The van der Waals surface area contributed by atoms with Crippen LogP contribution in [0, 0.1) is 0 Å². The van der Waals surface area contributed by atoms with E-state index in [1.807, 2.05) is 0 Å². The molecule has 0 radical (unpaired) electrons. The number of carbonyl (C=O) groups is 1. The summed E-state index contributed by atoms with van der Waals surface area (Å²) in [5.41, 5.74) is 1.32. The van der Waals surface area contributed by atoms with Gasteiger partial charge in [0, 0.05) is 10.0 Å². The normalized spacial score (nSPS) is 13.5. The van der Waals surface area contributed by atoms with E-state index in [2.05, 4.69) is 5.32 Å². The van der Waals surface area contributed by atoms with E-state index in [4.69, 9.17) is 34.8 Å². The Kier molecular flexibility index (Phi) is 6.09. The molecular formula is C16H14Cl3NO2. The molecule has 6 heteroatoms. The summed E-state index contributed by atoms with van der Waals surface area (Å²) in [6.45, 7) is 0. The molecule has 2 atom stereocenters. The fraction of sp³-hybridized carbons (Fsp3) is 0.188. The minimum absolute atomic E-state index is 0.188. The second kappa shape index (κ2) is 7.84. The number of aliphatic hydroxyl groups is 1. The fourth-order valence-electron chi connectivity index (χ4n) is 2.11. The van der Waals surface area contributed by atoms with Gasteiger partial charge < -0.3 is 10.4 Å². The number of alkyl halides is 1. The van der Waals surface area contributed by atoms with Crippen molar-refractivity contribution < 1.29 is 9.90 Å². The van der Waals surface area contributed by atoms with Crippen LogP contribution in [-0.2, 0) is 4.79 Å². The van der Waals surface area contributed by atoms with Gasteiger partial charge in [0.05, 0.1) is 6.04 Å². The molecule has 0 heterocycles. The maximum atomic E-state index is 11.7. The van der Waals surface area contributed by atoms with E-state index in [1.54, 1.807) is 48.5 Å². The van der Waals surface area contributed by atoms with Crippen LogP contribution in [0.15, 0.2) is 48.5 Å². The van der Waals surface area contributed by atoms with Crippen LogP contribution in [0.1, 0.15) is 23.3 Å². The summed E-state index contributed by atoms with van der Waals surface area (Å²) in [7, 11) is 0. The number of rotatable bonds is 5. The Morgan fingerprint density at radius 3 is 2.32 bits per heavy atom. The van der Waals surface area contributed by atoms with Crippen molar-refractivity contribution in [3.05, 3.63) is 69.7 Å². The van der Waals surface area contributed by atoms with E-state index in [0.29, 0.717) is 15.6 Å². The number of amides is 1. The van der Waals surface area contributed by atoms with Crippen molar-refractivity contribution in [2.45, 2.75) is 12.1 Å². The summed E-state index contributed by atoms with van der Waals surface area (Å²) in [6, 6.07) is 13.1. The van der Waals surface area contributed by atoms with Crippen LogP contribution < -0.4 is 5.32 Å². The van der Waals surface area contributed by atoms with Gasteiger partial charge in [0.1, 0.15) is 12.0 Å². The molecule has 0 aliphatic carbocycles.